The molecule has 0 saturated carbocycles. The van der Waals surface area contributed by atoms with Crippen LogP contribution in [0.5, 0.6) is 5.75 Å². The number of carboxylic acid groups (broad SMARTS) is 3. The van der Waals surface area contributed by atoms with Crippen molar-refractivity contribution in [2.75, 3.05) is 19.7 Å². The SMILES string of the molecule is CC.O=C([O-])CCC(=O)[O-].O=C([O-])c1ccc(OCCC2CCNCC2)cc1. The first-order chi connectivity index (χ1) is 13.4. The summed E-state index contributed by atoms with van der Waals surface area (Å²) in [6.07, 6.45) is 2.55. The summed E-state index contributed by atoms with van der Waals surface area (Å²) in [7, 11) is 0. The highest BCUT2D eigenvalue weighted by molar-refractivity contribution is 5.85. The Bertz CT molecular complexity index is 567. The van der Waals surface area contributed by atoms with Gasteiger partial charge < -0.3 is 39.8 Å². The van der Waals surface area contributed by atoms with Gasteiger partial charge in [0.05, 0.1) is 12.6 Å². The topological polar surface area (TPSA) is 142 Å². The average molecular weight is 394 g/mol. The fourth-order valence-corrected chi connectivity index (χ4v) is 2.41. The maximum Gasteiger partial charge on any atom is 0.119 e. The number of hydrogen-bond acceptors (Lipinski definition) is 8. The van der Waals surface area contributed by atoms with Crippen LogP contribution in [0.2, 0.25) is 0 Å². The Morgan fingerprint density at radius 1 is 0.964 bits per heavy atom. The third-order valence-electron chi connectivity index (χ3n) is 3.88. The molecule has 1 saturated heterocycles. The molecule has 28 heavy (non-hydrogen) atoms. The summed E-state index contributed by atoms with van der Waals surface area (Å²) in [6, 6.07) is 6.37. The summed E-state index contributed by atoms with van der Waals surface area (Å²) in [5.74, 6) is -2.43. The van der Waals surface area contributed by atoms with Gasteiger partial charge >= 0.3 is 0 Å². The highest BCUT2D eigenvalue weighted by Gasteiger charge is 2.12. The Hall–Kier alpha value is -2.61. The van der Waals surface area contributed by atoms with E-state index in [-0.39, 0.29) is 5.56 Å². The lowest BCUT2D eigenvalue weighted by molar-refractivity contribution is -0.315. The van der Waals surface area contributed by atoms with E-state index in [1.54, 1.807) is 12.1 Å². The van der Waals surface area contributed by atoms with E-state index < -0.39 is 30.7 Å². The quantitative estimate of drug-likeness (QED) is 0.598. The van der Waals surface area contributed by atoms with E-state index >= 15 is 0 Å². The third-order valence-corrected chi connectivity index (χ3v) is 3.88. The van der Waals surface area contributed by atoms with Crippen molar-refractivity contribution in [3.8, 4) is 5.75 Å². The van der Waals surface area contributed by atoms with Crippen LogP contribution in [0.4, 0.5) is 0 Å². The molecule has 0 bridgehead atoms. The molecule has 1 aromatic rings. The van der Waals surface area contributed by atoms with E-state index in [2.05, 4.69) is 5.32 Å². The third kappa shape index (κ3) is 12.7. The first-order valence-corrected chi connectivity index (χ1v) is 9.43. The van der Waals surface area contributed by atoms with Gasteiger partial charge in [-0.05, 0) is 80.9 Å². The predicted octanol–water partition coefficient (Wildman–Crippen LogP) is -0.889. The molecule has 8 heteroatoms. The summed E-state index contributed by atoms with van der Waals surface area (Å²) < 4.78 is 5.61. The number of carboxylic acids is 3. The number of benzene rings is 1. The number of rotatable bonds is 8. The molecular formula is C20H28NO7-3. The number of aliphatic carboxylic acids is 2. The summed E-state index contributed by atoms with van der Waals surface area (Å²) in [5, 5.41) is 32.9. The summed E-state index contributed by atoms with van der Waals surface area (Å²) in [6.45, 7) is 6.89. The van der Waals surface area contributed by atoms with E-state index in [9.17, 15) is 29.7 Å². The first kappa shape index (κ1) is 25.4. The lowest BCUT2D eigenvalue weighted by atomic mass is 9.95. The zero-order chi connectivity index (χ0) is 21.4. The standard InChI is InChI=1S/C14H19NO3.C4H6O4.C2H6/c16-14(17)12-1-3-13(4-2-12)18-10-7-11-5-8-15-9-6-11;5-3(6)1-2-4(7)8;1-2/h1-4,11,15H,5-10H2,(H,16,17);1-2H2,(H,5,6)(H,7,8);1-2H3/p-3. The van der Waals surface area contributed by atoms with Gasteiger partial charge in [0.2, 0.25) is 0 Å². The van der Waals surface area contributed by atoms with Gasteiger partial charge in [0.1, 0.15) is 5.75 Å². The minimum absolute atomic E-state index is 0.181. The highest BCUT2D eigenvalue weighted by atomic mass is 16.5. The van der Waals surface area contributed by atoms with Gasteiger partial charge in [0, 0.05) is 11.9 Å². The molecular weight excluding hydrogens is 366 g/mol. The predicted molar refractivity (Wildman–Crippen MR) is 97.1 cm³/mol. The van der Waals surface area contributed by atoms with E-state index in [0.717, 1.165) is 25.4 Å². The molecule has 2 rings (SSSR count). The van der Waals surface area contributed by atoms with Crippen molar-refractivity contribution in [2.45, 2.75) is 46.0 Å². The van der Waals surface area contributed by atoms with Gasteiger partial charge in [0.25, 0.3) is 0 Å². The van der Waals surface area contributed by atoms with Crippen LogP contribution >= 0.6 is 0 Å². The molecule has 0 aliphatic carbocycles. The molecule has 1 fully saturated rings. The second-order valence-corrected chi connectivity index (χ2v) is 5.89. The maximum atomic E-state index is 10.6. The van der Waals surface area contributed by atoms with Gasteiger partial charge in [-0.3, -0.25) is 0 Å². The zero-order valence-electron chi connectivity index (χ0n) is 16.4. The lowest BCUT2D eigenvalue weighted by Gasteiger charge is -2.22. The molecule has 158 valence electrons. The number of ether oxygens (including phenoxy) is 1. The van der Waals surface area contributed by atoms with Crippen molar-refractivity contribution < 1.29 is 34.4 Å². The Balaban J connectivity index is 0.000000618. The number of piperidine rings is 1. The normalized spacial score (nSPS) is 13.2. The van der Waals surface area contributed by atoms with Crippen LogP contribution in [-0.2, 0) is 9.59 Å². The maximum absolute atomic E-state index is 10.6. The van der Waals surface area contributed by atoms with E-state index in [1.165, 1.54) is 25.0 Å². The second-order valence-electron chi connectivity index (χ2n) is 5.89. The molecule has 1 aromatic carbocycles. The Morgan fingerprint density at radius 2 is 1.46 bits per heavy atom. The van der Waals surface area contributed by atoms with Crippen LogP contribution in [0.1, 0.15) is 56.3 Å². The van der Waals surface area contributed by atoms with Gasteiger partial charge in [-0.25, -0.2) is 0 Å². The molecule has 1 aliphatic rings. The fourth-order valence-electron chi connectivity index (χ4n) is 2.41. The lowest BCUT2D eigenvalue weighted by Crippen LogP contribution is -2.28. The Morgan fingerprint density at radius 3 is 1.89 bits per heavy atom. The van der Waals surface area contributed by atoms with Crippen LogP contribution in [0.25, 0.3) is 0 Å². The average Bonchev–Trinajstić information content (AvgIpc) is 2.70. The van der Waals surface area contributed by atoms with Crippen molar-refractivity contribution in [2.24, 2.45) is 5.92 Å². The van der Waals surface area contributed by atoms with Crippen LogP contribution in [0, 0.1) is 5.92 Å². The van der Waals surface area contributed by atoms with Crippen molar-refractivity contribution in [3.63, 3.8) is 0 Å². The Labute approximate surface area is 165 Å². The van der Waals surface area contributed by atoms with Crippen molar-refractivity contribution in [1.29, 1.82) is 0 Å². The van der Waals surface area contributed by atoms with E-state index in [1.807, 2.05) is 13.8 Å². The molecule has 0 aromatic heterocycles. The van der Waals surface area contributed by atoms with E-state index in [0.29, 0.717) is 12.4 Å². The van der Waals surface area contributed by atoms with Gasteiger partial charge in [0.15, 0.2) is 0 Å². The number of carbonyl (C=O) groups excluding carboxylic acids is 3. The monoisotopic (exact) mass is 394 g/mol. The fraction of sp³-hybridized carbons (Fsp3) is 0.550. The summed E-state index contributed by atoms with van der Waals surface area (Å²) in [4.78, 5) is 29.6. The van der Waals surface area contributed by atoms with Gasteiger partial charge in [-0.2, -0.15) is 0 Å². The smallest absolute Gasteiger partial charge is 0.119 e. The molecule has 8 nitrogen and oxygen atoms in total. The van der Waals surface area contributed by atoms with Crippen molar-refractivity contribution >= 4 is 17.9 Å². The van der Waals surface area contributed by atoms with E-state index in [4.69, 9.17) is 4.74 Å². The van der Waals surface area contributed by atoms with Crippen LogP contribution in [-0.4, -0.2) is 37.6 Å². The Kier molecular flexibility index (Phi) is 14.0. The van der Waals surface area contributed by atoms with Crippen LogP contribution in [0.3, 0.4) is 0 Å². The minimum Gasteiger partial charge on any atom is -0.550 e. The summed E-state index contributed by atoms with van der Waals surface area (Å²) in [5.41, 5.74) is 0.181. The number of nitrogens with one attached hydrogen (secondary N) is 1. The number of hydrogen-bond donors (Lipinski definition) is 1. The van der Waals surface area contributed by atoms with Crippen molar-refractivity contribution in [1.82, 2.24) is 5.32 Å². The largest absolute Gasteiger partial charge is 0.550 e. The second kappa shape index (κ2) is 15.4. The minimum atomic E-state index is -1.37. The zero-order valence-corrected chi connectivity index (χ0v) is 16.4. The summed E-state index contributed by atoms with van der Waals surface area (Å²) >= 11 is 0. The number of carbonyl (C=O) groups is 3. The molecule has 0 amide bonds. The number of aromatic carboxylic acids is 1. The molecule has 0 unspecified atom stereocenters. The van der Waals surface area contributed by atoms with Crippen LogP contribution < -0.4 is 25.4 Å². The first-order valence-electron chi connectivity index (χ1n) is 9.43. The van der Waals surface area contributed by atoms with Gasteiger partial charge in [-0.15, -0.1) is 0 Å². The molecule has 1 N–H and O–H groups in total. The molecule has 0 spiro atoms. The van der Waals surface area contributed by atoms with Gasteiger partial charge in [-0.1, -0.05) is 13.8 Å². The molecule has 1 heterocycles. The molecule has 0 atom stereocenters. The van der Waals surface area contributed by atoms with Crippen LogP contribution in [0.15, 0.2) is 24.3 Å². The van der Waals surface area contributed by atoms with Crippen molar-refractivity contribution in [3.05, 3.63) is 29.8 Å². The highest BCUT2D eigenvalue weighted by Crippen LogP contribution is 2.17. The molecule has 0 radical (unpaired) electrons. The molecule has 1 aliphatic heterocycles.